The van der Waals surface area contributed by atoms with Gasteiger partial charge in [0.2, 0.25) is 0 Å². The first-order valence-corrected chi connectivity index (χ1v) is 7.15. The molecule has 1 fully saturated rings. The lowest BCUT2D eigenvalue weighted by Crippen LogP contribution is -2.31. The maximum atomic E-state index is 12.7. The summed E-state index contributed by atoms with van der Waals surface area (Å²) in [5.74, 6) is 0.481. The Morgan fingerprint density at radius 2 is 2.40 bits per heavy atom. The second-order valence-electron chi connectivity index (χ2n) is 5.14. The lowest BCUT2D eigenvalue weighted by molar-refractivity contribution is 0.0780. The second kappa shape index (κ2) is 5.42. The van der Waals surface area contributed by atoms with Crippen LogP contribution in [0.4, 0.5) is 0 Å². The van der Waals surface area contributed by atoms with Gasteiger partial charge in [0.25, 0.3) is 5.91 Å². The van der Waals surface area contributed by atoms with E-state index in [1.165, 1.54) is 0 Å². The largest absolute Gasteiger partial charge is 0.337 e. The maximum Gasteiger partial charge on any atom is 0.274 e. The lowest BCUT2D eigenvalue weighted by Gasteiger charge is -2.16. The molecule has 2 aromatic heterocycles. The number of halogens is 1. The van der Waals surface area contributed by atoms with E-state index in [2.05, 4.69) is 10.3 Å². The van der Waals surface area contributed by atoms with Crippen LogP contribution in [0.5, 0.6) is 0 Å². The molecule has 3 heterocycles. The number of carbonyl (C=O) groups excluding carboxylic acids is 1. The van der Waals surface area contributed by atoms with E-state index in [1.54, 1.807) is 4.40 Å². The van der Waals surface area contributed by atoms with Crippen molar-refractivity contribution >= 4 is 23.2 Å². The molecule has 0 aromatic carbocycles. The molecule has 1 aliphatic heterocycles. The number of nitrogens with one attached hydrogen (secondary N) is 1. The van der Waals surface area contributed by atoms with Crippen LogP contribution in [0.1, 0.15) is 16.9 Å². The van der Waals surface area contributed by atoms with Gasteiger partial charge in [-0.05, 0) is 38.1 Å². The SMILES string of the molecule is CNC[C@H]1CCN(C(=O)c2c(Cl)nc3ccccn23)C1. The van der Waals surface area contributed by atoms with E-state index in [1.807, 2.05) is 36.3 Å². The molecule has 0 saturated carbocycles. The van der Waals surface area contributed by atoms with Crippen molar-refractivity contribution in [3.8, 4) is 0 Å². The summed E-state index contributed by atoms with van der Waals surface area (Å²) in [4.78, 5) is 18.7. The molecule has 20 heavy (non-hydrogen) atoms. The number of likely N-dealkylation sites (tertiary alicyclic amines) is 1. The zero-order valence-electron chi connectivity index (χ0n) is 11.3. The number of hydrogen-bond acceptors (Lipinski definition) is 3. The Balaban J connectivity index is 1.88. The van der Waals surface area contributed by atoms with Gasteiger partial charge in [0.1, 0.15) is 5.65 Å². The van der Waals surface area contributed by atoms with Gasteiger partial charge in [-0.1, -0.05) is 17.7 Å². The fourth-order valence-electron chi connectivity index (χ4n) is 2.78. The third-order valence-corrected chi connectivity index (χ3v) is 4.02. The molecule has 0 unspecified atom stereocenters. The predicted molar refractivity (Wildman–Crippen MR) is 78.1 cm³/mol. The number of fused-ring (bicyclic) bond motifs is 1. The first kappa shape index (κ1) is 13.4. The fraction of sp³-hybridized carbons (Fsp3) is 0.429. The minimum atomic E-state index is -0.0349. The Bertz CT molecular complexity index is 639. The highest BCUT2D eigenvalue weighted by Gasteiger charge is 2.29. The lowest BCUT2D eigenvalue weighted by atomic mass is 10.1. The summed E-state index contributed by atoms with van der Waals surface area (Å²) >= 11 is 6.15. The molecule has 1 aliphatic rings. The molecule has 6 heteroatoms. The van der Waals surface area contributed by atoms with Gasteiger partial charge in [0, 0.05) is 19.3 Å². The van der Waals surface area contributed by atoms with Crippen LogP contribution in [0.15, 0.2) is 24.4 Å². The van der Waals surface area contributed by atoms with Gasteiger partial charge in [0.05, 0.1) is 0 Å². The topological polar surface area (TPSA) is 49.6 Å². The minimum absolute atomic E-state index is 0.0349. The Kier molecular flexibility index (Phi) is 3.63. The molecule has 1 saturated heterocycles. The Labute approximate surface area is 122 Å². The van der Waals surface area contributed by atoms with Crippen LogP contribution in [-0.2, 0) is 0 Å². The number of pyridine rings is 1. The average Bonchev–Trinajstić information content (AvgIpc) is 3.02. The highest BCUT2D eigenvalue weighted by molar-refractivity contribution is 6.32. The van der Waals surface area contributed by atoms with E-state index in [9.17, 15) is 4.79 Å². The highest BCUT2D eigenvalue weighted by atomic mass is 35.5. The van der Waals surface area contributed by atoms with Crippen LogP contribution in [0, 0.1) is 5.92 Å². The molecular weight excluding hydrogens is 276 g/mol. The normalized spacial score (nSPS) is 18.9. The molecule has 106 valence electrons. The third kappa shape index (κ3) is 2.27. The summed E-state index contributed by atoms with van der Waals surface area (Å²) in [5.41, 5.74) is 1.17. The van der Waals surface area contributed by atoms with Gasteiger partial charge >= 0.3 is 0 Å². The smallest absolute Gasteiger partial charge is 0.274 e. The van der Waals surface area contributed by atoms with Crippen LogP contribution >= 0.6 is 11.6 Å². The highest BCUT2D eigenvalue weighted by Crippen LogP contribution is 2.23. The van der Waals surface area contributed by atoms with E-state index in [0.29, 0.717) is 17.3 Å². The summed E-state index contributed by atoms with van der Waals surface area (Å²) in [7, 11) is 1.94. The summed E-state index contributed by atoms with van der Waals surface area (Å²) in [5, 5.41) is 3.44. The quantitative estimate of drug-likeness (QED) is 0.936. The standard InChI is InChI=1S/C14H17ClN4O/c1-16-8-10-5-7-18(9-10)14(20)12-13(15)17-11-4-2-3-6-19(11)12/h2-4,6,10,16H,5,7-9H2,1H3/t10-/m1/s1. The van der Waals surface area contributed by atoms with E-state index >= 15 is 0 Å². The van der Waals surface area contributed by atoms with Crippen LogP contribution in [0.3, 0.4) is 0 Å². The predicted octanol–water partition coefficient (Wildman–Crippen LogP) is 1.67. The van der Waals surface area contributed by atoms with Gasteiger partial charge in [-0.3, -0.25) is 9.20 Å². The number of carbonyl (C=O) groups is 1. The zero-order chi connectivity index (χ0) is 14.1. The Morgan fingerprint density at radius 1 is 1.55 bits per heavy atom. The summed E-state index contributed by atoms with van der Waals surface area (Å²) < 4.78 is 1.76. The van der Waals surface area contributed by atoms with Crippen molar-refractivity contribution in [3.63, 3.8) is 0 Å². The molecule has 0 radical (unpaired) electrons. The van der Waals surface area contributed by atoms with Gasteiger partial charge < -0.3 is 10.2 Å². The molecule has 0 spiro atoms. The van der Waals surface area contributed by atoms with Crippen molar-refractivity contribution < 1.29 is 4.79 Å². The molecule has 0 aliphatic carbocycles. The summed E-state index contributed by atoms with van der Waals surface area (Å²) in [6.45, 7) is 2.49. The molecule has 1 amide bonds. The first-order valence-electron chi connectivity index (χ1n) is 6.77. The maximum absolute atomic E-state index is 12.7. The van der Waals surface area contributed by atoms with Crippen LogP contribution in [-0.4, -0.2) is 46.9 Å². The zero-order valence-corrected chi connectivity index (χ0v) is 12.1. The number of rotatable bonds is 3. The van der Waals surface area contributed by atoms with Gasteiger partial charge in [0.15, 0.2) is 10.8 Å². The van der Waals surface area contributed by atoms with Crippen LogP contribution in [0.25, 0.3) is 5.65 Å². The Morgan fingerprint density at radius 3 is 3.20 bits per heavy atom. The number of imidazole rings is 1. The van der Waals surface area contributed by atoms with Crippen LogP contribution in [0.2, 0.25) is 5.15 Å². The van der Waals surface area contributed by atoms with E-state index in [-0.39, 0.29) is 11.1 Å². The van der Waals surface area contributed by atoms with Crippen molar-refractivity contribution in [2.75, 3.05) is 26.7 Å². The van der Waals surface area contributed by atoms with Crippen molar-refractivity contribution in [1.29, 1.82) is 0 Å². The molecular formula is C14H17ClN4O. The Hall–Kier alpha value is -1.59. The van der Waals surface area contributed by atoms with Crippen molar-refractivity contribution in [2.45, 2.75) is 6.42 Å². The van der Waals surface area contributed by atoms with E-state index < -0.39 is 0 Å². The van der Waals surface area contributed by atoms with Crippen LogP contribution < -0.4 is 5.32 Å². The fourth-order valence-corrected chi connectivity index (χ4v) is 3.04. The molecule has 3 rings (SSSR count). The van der Waals surface area contributed by atoms with Gasteiger partial charge in [-0.2, -0.15) is 0 Å². The molecule has 2 aromatic rings. The number of hydrogen-bond donors (Lipinski definition) is 1. The monoisotopic (exact) mass is 292 g/mol. The van der Waals surface area contributed by atoms with Gasteiger partial charge in [-0.15, -0.1) is 0 Å². The van der Waals surface area contributed by atoms with Gasteiger partial charge in [-0.25, -0.2) is 4.98 Å². The van der Waals surface area contributed by atoms with Crippen molar-refractivity contribution in [2.24, 2.45) is 5.92 Å². The van der Waals surface area contributed by atoms with E-state index in [4.69, 9.17) is 11.6 Å². The van der Waals surface area contributed by atoms with Crippen molar-refractivity contribution in [3.05, 3.63) is 35.2 Å². The first-order chi connectivity index (χ1) is 9.70. The summed E-state index contributed by atoms with van der Waals surface area (Å²) in [6.07, 6.45) is 2.85. The number of nitrogens with zero attached hydrogens (tertiary/aromatic N) is 3. The minimum Gasteiger partial charge on any atom is -0.337 e. The number of amides is 1. The second-order valence-corrected chi connectivity index (χ2v) is 5.50. The molecule has 1 N–H and O–H groups in total. The number of aromatic nitrogens is 2. The average molecular weight is 293 g/mol. The molecule has 0 bridgehead atoms. The molecule has 5 nitrogen and oxygen atoms in total. The van der Waals surface area contributed by atoms with Crippen molar-refractivity contribution in [1.82, 2.24) is 19.6 Å². The van der Waals surface area contributed by atoms with E-state index in [0.717, 1.165) is 26.1 Å². The molecule has 1 atom stereocenters. The third-order valence-electron chi connectivity index (χ3n) is 3.76. The summed E-state index contributed by atoms with van der Waals surface area (Å²) in [6, 6.07) is 5.59.